The zero-order valence-electron chi connectivity index (χ0n) is 20.7. The maximum Gasteiger partial charge on any atom is 0.195 e. The van der Waals surface area contributed by atoms with Gasteiger partial charge in [0.2, 0.25) is 0 Å². The summed E-state index contributed by atoms with van der Waals surface area (Å²) in [4.78, 5) is 0. The molecule has 4 rings (SSSR count). The van der Waals surface area contributed by atoms with Gasteiger partial charge >= 0.3 is 0 Å². The summed E-state index contributed by atoms with van der Waals surface area (Å²) in [6.45, 7) is 0. The first-order chi connectivity index (χ1) is 20.5. The van der Waals surface area contributed by atoms with E-state index in [0.29, 0.717) is 0 Å². The molecule has 0 aliphatic heterocycles. The van der Waals surface area contributed by atoms with E-state index in [1.165, 1.54) is 0 Å². The fourth-order valence-corrected chi connectivity index (χ4v) is 9.66. The van der Waals surface area contributed by atoms with Crippen molar-refractivity contribution in [1.29, 1.82) is 0 Å². The van der Waals surface area contributed by atoms with Gasteiger partial charge in [0, 0.05) is 24.3 Å². The van der Waals surface area contributed by atoms with Gasteiger partial charge in [-0.3, -0.25) is 0 Å². The summed E-state index contributed by atoms with van der Waals surface area (Å²) >= 11 is 0. The van der Waals surface area contributed by atoms with E-state index in [0.717, 1.165) is 0 Å². The standard InChI is InChI=1S/C26H8F16P2/c27-7-3-11(31)23(19(39)15(7)35)43(24-12(32)4-8(28)16(36)20(24)40)1-2-44(25-13(33)5-9(29)17(37)21(25)41)26-14(34)6-10(30)18(38)22(26)42/h3-6H,1-2H2. The van der Waals surface area contributed by atoms with Crippen LogP contribution in [0.25, 0.3) is 0 Å². The minimum absolute atomic E-state index is 0.328. The predicted octanol–water partition coefficient (Wildman–Crippen LogP) is 7.48. The molecule has 4 aromatic carbocycles. The fraction of sp³-hybridized carbons (Fsp3) is 0.0769. The van der Waals surface area contributed by atoms with Crippen LogP contribution in [0.3, 0.4) is 0 Å². The average Bonchev–Trinajstić information content (AvgIpc) is 2.94. The first-order valence-corrected chi connectivity index (χ1v) is 14.4. The zero-order chi connectivity index (χ0) is 32.9. The second-order valence-corrected chi connectivity index (χ2v) is 13.0. The van der Waals surface area contributed by atoms with Crippen molar-refractivity contribution in [3.8, 4) is 0 Å². The van der Waals surface area contributed by atoms with Crippen LogP contribution in [0.4, 0.5) is 70.2 Å². The Morgan fingerprint density at radius 1 is 0.273 bits per heavy atom. The van der Waals surface area contributed by atoms with Crippen molar-refractivity contribution in [2.75, 3.05) is 12.3 Å². The molecule has 0 radical (unpaired) electrons. The van der Waals surface area contributed by atoms with Crippen molar-refractivity contribution < 1.29 is 70.2 Å². The molecule has 0 saturated heterocycles. The summed E-state index contributed by atoms with van der Waals surface area (Å²) in [5.74, 6) is -36.8. The highest BCUT2D eigenvalue weighted by Crippen LogP contribution is 2.46. The molecular formula is C26H8F16P2. The van der Waals surface area contributed by atoms with Crippen LogP contribution in [0.5, 0.6) is 0 Å². The number of hydrogen-bond donors (Lipinski definition) is 0. The fourth-order valence-electron chi connectivity index (χ4n) is 4.09. The van der Waals surface area contributed by atoms with E-state index < -0.39 is 142 Å². The van der Waals surface area contributed by atoms with Crippen LogP contribution in [0.1, 0.15) is 0 Å². The van der Waals surface area contributed by atoms with Gasteiger partial charge in [0.15, 0.2) is 69.8 Å². The third-order valence-corrected chi connectivity index (χ3v) is 11.5. The van der Waals surface area contributed by atoms with Gasteiger partial charge < -0.3 is 0 Å². The van der Waals surface area contributed by atoms with Gasteiger partial charge in [0.25, 0.3) is 0 Å². The van der Waals surface area contributed by atoms with E-state index in [-0.39, 0.29) is 24.3 Å². The highest BCUT2D eigenvalue weighted by Gasteiger charge is 2.37. The summed E-state index contributed by atoms with van der Waals surface area (Å²) < 4.78 is 230. The van der Waals surface area contributed by atoms with Gasteiger partial charge in [0.1, 0.15) is 23.3 Å². The van der Waals surface area contributed by atoms with Gasteiger partial charge in [-0.1, -0.05) is 0 Å². The minimum Gasteiger partial charge on any atom is -0.206 e. The predicted molar refractivity (Wildman–Crippen MR) is 127 cm³/mol. The van der Waals surface area contributed by atoms with Crippen molar-refractivity contribution >= 4 is 37.1 Å². The molecule has 0 atom stereocenters. The first-order valence-electron chi connectivity index (χ1n) is 11.4. The van der Waals surface area contributed by atoms with Gasteiger partial charge in [0.05, 0.1) is 21.2 Å². The van der Waals surface area contributed by atoms with Crippen molar-refractivity contribution in [3.63, 3.8) is 0 Å². The van der Waals surface area contributed by atoms with E-state index in [4.69, 9.17) is 0 Å². The Morgan fingerprint density at radius 3 is 0.636 bits per heavy atom. The second-order valence-electron chi connectivity index (χ2n) is 8.57. The third-order valence-electron chi connectivity index (χ3n) is 5.99. The number of halogens is 16. The highest BCUT2D eigenvalue weighted by molar-refractivity contribution is 7.76. The normalized spacial score (nSPS) is 11.8. The maximum atomic E-state index is 14.9. The summed E-state index contributed by atoms with van der Waals surface area (Å²) in [5, 5.41) is -6.96. The molecule has 0 nitrogen and oxygen atoms in total. The van der Waals surface area contributed by atoms with Gasteiger partial charge in [-0.05, 0) is 28.2 Å². The molecule has 44 heavy (non-hydrogen) atoms. The lowest BCUT2D eigenvalue weighted by Crippen LogP contribution is -2.31. The molecular weight excluding hydrogens is 678 g/mol. The molecule has 18 heteroatoms. The molecule has 0 heterocycles. The van der Waals surface area contributed by atoms with Crippen molar-refractivity contribution in [1.82, 2.24) is 0 Å². The Balaban J connectivity index is 2.02. The number of benzene rings is 4. The maximum absolute atomic E-state index is 14.9. The molecule has 0 unspecified atom stereocenters. The summed E-state index contributed by atoms with van der Waals surface area (Å²) in [6, 6.07) is -1.31. The molecule has 0 saturated carbocycles. The summed E-state index contributed by atoms with van der Waals surface area (Å²) in [5.41, 5.74) is 0. The molecule has 234 valence electrons. The number of rotatable bonds is 7. The quantitative estimate of drug-likeness (QED) is 0.0820. The lowest BCUT2D eigenvalue weighted by atomic mass is 10.3. The Bertz CT molecular complexity index is 1550. The molecule has 0 aliphatic rings. The molecule has 0 aliphatic carbocycles. The Morgan fingerprint density at radius 2 is 0.455 bits per heavy atom. The topological polar surface area (TPSA) is 0 Å². The molecule has 0 bridgehead atoms. The van der Waals surface area contributed by atoms with E-state index in [2.05, 4.69) is 0 Å². The highest BCUT2D eigenvalue weighted by atomic mass is 31.1. The monoisotopic (exact) mass is 686 g/mol. The van der Waals surface area contributed by atoms with Crippen LogP contribution in [0.2, 0.25) is 0 Å². The van der Waals surface area contributed by atoms with Crippen LogP contribution in [-0.4, -0.2) is 12.3 Å². The van der Waals surface area contributed by atoms with Crippen LogP contribution in [0.15, 0.2) is 24.3 Å². The van der Waals surface area contributed by atoms with Crippen LogP contribution in [0, 0.1) is 93.1 Å². The smallest absolute Gasteiger partial charge is 0.195 e. The average molecular weight is 686 g/mol. The molecule has 4 aromatic rings. The largest absolute Gasteiger partial charge is 0.206 e. The van der Waals surface area contributed by atoms with Gasteiger partial charge in [-0.25, -0.2) is 70.2 Å². The summed E-state index contributed by atoms with van der Waals surface area (Å²) in [7, 11) is -7.39. The van der Waals surface area contributed by atoms with Crippen LogP contribution in [-0.2, 0) is 0 Å². The minimum atomic E-state index is -3.69. The zero-order valence-corrected chi connectivity index (χ0v) is 22.5. The SMILES string of the molecule is Fc1cc(F)c(P(CCP(c2c(F)cc(F)c(F)c2F)c2c(F)cc(F)c(F)c2F)c2c(F)cc(F)c(F)c2F)c(F)c1F. The van der Waals surface area contributed by atoms with Crippen molar-refractivity contribution in [2.45, 2.75) is 0 Å². The Labute approximate surface area is 237 Å². The summed E-state index contributed by atoms with van der Waals surface area (Å²) in [6.07, 6.45) is -2.87. The van der Waals surface area contributed by atoms with Crippen LogP contribution < -0.4 is 21.2 Å². The molecule has 0 fully saturated rings. The molecule has 0 aromatic heterocycles. The van der Waals surface area contributed by atoms with Gasteiger partial charge in [-0.15, -0.1) is 0 Å². The van der Waals surface area contributed by atoms with Gasteiger partial charge in [-0.2, -0.15) is 0 Å². The van der Waals surface area contributed by atoms with E-state index >= 15 is 0 Å². The van der Waals surface area contributed by atoms with E-state index in [1.54, 1.807) is 0 Å². The Kier molecular flexibility index (Phi) is 9.56. The molecule has 0 spiro atoms. The first kappa shape index (κ1) is 33.5. The van der Waals surface area contributed by atoms with Crippen molar-refractivity contribution in [3.05, 3.63) is 117 Å². The number of hydrogen-bond acceptors (Lipinski definition) is 0. The lowest BCUT2D eigenvalue weighted by molar-refractivity contribution is 0.438. The van der Waals surface area contributed by atoms with E-state index in [1.807, 2.05) is 0 Å². The molecule has 0 amide bonds. The van der Waals surface area contributed by atoms with E-state index in [9.17, 15) is 70.2 Å². The second kappa shape index (κ2) is 12.5. The van der Waals surface area contributed by atoms with Crippen molar-refractivity contribution in [2.24, 2.45) is 0 Å². The molecule has 0 N–H and O–H groups in total. The third kappa shape index (κ3) is 5.74. The Hall–Kier alpha value is -3.38. The van der Waals surface area contributed by atoms with Crippen LogP contribution >= 0.6 is 15.8 Å². The lowest BCUT2D eigenvalue weighted by Gasteiger charge is -2.26.